The van der Waals surface area contributed by atoms with Gasteiger partial charge in [-0.1, -0.05) is 37.6 Å². The first-order valence-electron chi connectivity index (χ1n) is 7.03. The molecule has 17 heavy (non-hydrogen) atoms. The Labute approximate surface area is 106 Å². The zero-order valence-corrected chi connectivity index (χ0v) is 11.7. The summed E-state index contributed by atoms with van der Waals surface area (Å²) in [6.45, 7) is 7.48. The van der Waals surface area contributed by atoms with E-state index in [9.17, 15) is 0 Å². The van der Waals surface area contributed by atoms with Crippen molar-refractivity contribution in [3.63, 3.8) is 0 Å². The molecule has 1 heterocycles. The maximum atomic E-state index is 2.54. The molecule has 1 aliphatic heterocycles. The Morgan fingerprint density at radius 1 is 1.24 bits per heavy atom. The van der Waals surface area contributed by atoms with Crippen LogP contribution in [0.15, 0.2) is 18.2 Å². The predicted molar refractivity (Wildman–Crippen MR) is 74.6 cm³/mol. The molecule has 1 nitrogen and oxygen atoms in total. The number of fused-ring (bicyclic) bond motifs is 4. The van der Waals surface area contributed by atoms with Crippen LogP contribution in [0.1, 0.15) is 49.3 Å². The highest BCUT2D eigenvalue weighted by molar-refractivity contribution is 5.37. The van der Waals surface area contributed by atoms with Crippen LogP contribution in [0.25, 0.3) is 0 Å². The summed E-state index contributed by atoms with van der Waals surface area (Å²) in [5.74, 6) is 0.843. The van der Waals surface area contributed by atoms with Crippen molar-refractivity contribution in [3.8, 4) is 0 Å². The Balaban J connectivity index is 0.000000514. The quantitative estimate of drug-likeness (QED) is 0.657. The molecule has 1 aromatic carbocycles. The smallest absolute Gasteiger partial charge is 0.0139 e. The molecular formula is C16H25N. The number of rotatable bonds is 0. The number of aryl methyl sites for hydroxylation is 1. The molecule has 2 bridgehead atoms. The minimum absolute atomic E-state index is 0.804. The highest BCUT2D eigenvalue weighted by atomic mass is 15.1. The summed E-state index contributed by atoms with van der Waals surface area (Å²) in [5.41, 5.74) is 4.67. The second-order valence-electron chi connectivity index (χ2n) is 5.26. The third kappa shape index (κ3) is 2.40. The van der Waals surface area contributed by atoms with Crippen LogP contribution in [0.2, 0.25) is 0 Å². The van der Waals surface area contributed by atoms with Gasteiger partial charge in [0.2, 0.25) is 0 Å². The van der Waals surface area contributed by atoms with Crippen molar-refractivity contribution < 1.29 is 0 Å². The topological polar surface area (TPSA) is 3.24 Å². The van der Waals surface area contributed by atoms with Crippen LogP contribution >= 0.6 is 0 Å². The normalized spacial score (nSPS) is 26.8. The average Bonchev–Trinajstić information content (AvgIpc) is 2.36. The van der Waals surface area contributed by atoms with E-state index in [2.05, 4.69) is 37.1 Å². The van der Waals surface area contributed by atoms with Gasteiger partial charge in [-0.3, -0.25) is 0 Å². The molecular weight excluding hydrogens is 206 g/mol. The molecule has 3 rings (SSSR count). The Morgan fingerprint density at radius 2 is 2.00 bits per heavy atom. The molecule has 1 heteroatoms. The van der Waals surface area contributed by atoms with Crippen LogP contribution in [0.3, 0.4) is 0 Å². The lowest BCUT2D eigenvalue weighted by Crippen LogP contribution is -2.43. The molecule has 0 amide bonds. The van der Waals surface area contributed by atoms with Crippen LogP contribution in [-0.4, -0.2) is 24.5 Å². The molecule has 0 radical (unpaired) electrons. The fourth-order valence-electron chi connectivity index (χ4n) is 3.25. The first kappa shape index (κ1) is 12.6. The molecule has 2 unspecified atom stereocenters. The number of hydrogen-bond donors (Lipinski definition) is 0. The van der Waals surface area contributed by atoms with Crippen LogP contribution in [0.5, 0.6) is 0 Å². The van der Waals surface area contributed by atoms with Crippen LogP contribution in [0, 0.1) is 6.92 Å². The number of piperidine rings is 1. The highest BCUT2D eigenvalue weighted by Gasteiger charge is 2.32. The fraction of sp³-hybridized carbons (Fsp3) is 0.625. The summed E-state index contributed by atoms with van der Waals surface area (Å²) < 4.78 is 0. The van der Waals surface area contributed by atoms with Crippen LogP contribution in [-0.2, 0) is 6.42 Å². The third-order valence-corrected chi connectivity index (χ3v) is 4.20. The van der Waals surface area contributed by atoms with E-state index in [4.69, 9.17) is 0 Å². The van der Waals surface area contributed by atoms with Crippen molar-refractivity contribution in [2.75, 3.05) is 13.6 Å². The molecule has 1 aromatic rings. The van der Waals surface area contributed by atoms with E-state index in [1.165, 1.54) is 31.4 Å². The molecule has 2 aliphatic rings. The van der Waals surface area contributed by atoms with E-state index in [1.807, 2.05) is 13.8 Å². The summed E-state index contributed by atoms with van der Waals surface area (Å²) in [6.07, 6.45) is 4.00. The summed E-state index contributed by atoms with van der Waals surface area (Å²) in [4.78, 5) is 2.54. The summed E-state index contributed by atoms with van der Waals surface area (Å²) in [5, 5.41) is 0. The minimum atomic E-state index is 0.804. The molecule has 1 fully saturated rings. The molecule has 0 aromatic heterocycles. The van der Waals surface area contributed by atoms with Gasteiger partial charge in [-0.2, -0.15) is 0 Å². The fourth-order valence-corrected chi connectivity index (χ4v) is 3.25. The average molecular weight is 231 g/mol. The maximum Gasteiger partial charge on any atom is 0.0139 e. The van der Waals surface area contributed by atoms with Crippen molar-refractivity contribution in [1.29, 1.82) is 0 Å². The minimum Gasteiger partial charge on any atom is -0.303 e. The highest BCUT2D eigenvalue weighted by Crippen LogP contribution is 2.39. The van der Waals surface area contributed by atoms with E-state index in [0.29, 0.717) is 0 Å². The van der Waals surface area contributed by atoms with Crippen molar-refractivity contribution in [1.82, 2.24) is 4.90 Å². The van der Waals surface area contributed by atoms with Gasteiger partial charge in [-0.15, -0.1) is 0 Å². The van der Waals surface area contributed by atoms with Crippen molar-refractivity contribution in [2.24, 2.45) is 0 Å². The Morgan fingerprint density at radius 3 is 2.76 bits per heavy atom. The van der Waals surface area contributed by atoms with E-state index in [-0.39, 0.29) is 0 Å². The van der Waals surface area contributed by atoms with Crippen molar-refractivity contribution in [3.05, 3.63) is 34.9 Å². The molecule has 94 valence electrons. The summed E-state index contributed by atoms with van der Waals surface area (Å²) >= 11 is 0. The SMILES string of the molecule is CC.Cc1ccc2c(c1)CC1CC2CCN1C. The lowest BCUT2D eigenvalue weighted by atomic mass is 9.75. The first-order valence-corrected chi connectivity index (χ1v) is 7.03. The monoisotopic (exact) mass is 231 g/mol. The standard InChI is InChI=1S/C14H19N.C2H6/c1-10-3-4-14-11-5-6-15(2)13(8-11)9-12(14)7-10;1-2/h3-4,7,11,13H,5-6,8-9H2,1-2H3;1-2H3. The maximum absolute atomic E-state index is 2.54. The predicted octanol–water partition coefficient (Wildman–Crippen LogP) is 3.76. The van der Waals surface area contributed by atoms with Crippen LogP contribution in [0.4, 0.5) is 0 Å². The molecule has 1 aliphatic carbocycles. The van der Waals surface area contributed by atoms with Gasteiger partial charge >= 0.3 is 0 Å². The van der Waals surface area contributed by atoms with E-state index >= 15 is 0 Å². The molecule has 2 atom stereocenters. The lowest BCUT2D eigenvalue weighted by Gasteiger charge is -2.42. The van der Waals surface area contributed by atoms with Crippen LogP contribution < -0.4 is 0 Å². The molecule has 0 saturated carbocycles. The van der Waals surface area contributed by atoms with Gasteiger partial charge in [-0.05, 0) is 56.8 Å². The van der Waals surface area contributed by atoms with Crippen molar-refractivity contribution in [2.45, 2.75) is 52.0 Å². The lowest BCUT2D eigenvalue weighted by molar-refractivity contribution is 0.157. The number of nitrogens with zero attached hydrogens (tertiary/aromatic N) is 1. The van der Waals surface area contributed by atoms with Gasteiger partial charge in [0.25, 0.3) is 0 Å². The first-order chi connectivity index (χ1) is 8.24. The Bertz CT molecular complexity index is 383. The molecule has 1 saturated heterocycles. The van der Waals surface area contributed by atoms with E-state index in [1.54, 1.807) is 11.1 Å². The Kier molecular flexibility index (Phi) is 3.88. The van der Waals surface area contributed by atoms with Gasteiger partial charge in [0, 0.05) is 6.04 Å². The summed E-state index contributed by atoms with van der Waals surface area (Å²) in [7, 11) is 2.28. The second-order valence-corrected chi connectivity index (χ2v) is 5.26. The van der Waals surface area contributed by atoms with E-state index in [0.717, 1.165) is 12.0 Å². The third-order valence-electron chi connectivity index (χ3n) is 4.20. The van der Waals surface area contributed by atoms with Gasteiger partial charge in [0.05, 0.1) is 0 Å². The number of likely N-dealkylation sites (N-methyl/N-ethyl adjacent to an activating group) is 1. The zero-order chi connectivity index (χ0) is 12.4. The number of hydrogen-bond acceptors (Lipinski definition) is 1. The van der Waals surface area contributed by atoms with Gasteiger partial charge in [0.15, 0.2) is 0 Å². The van der Waals surface area contributed by atoms with E-state index < -0.39 is 0 Å². The number of likely N-dealkylation sites (tertiary alicyclic amines) is 1. The van der Waals surface area contributed by atoms with Crippen molar-refractivity contribution >= 4 is 0 Å². The Hall–Kier alpha value is -0.820. The van der Waals surface area contributed by atoms with Gasteiger partial charge in [-0.25, -0.2) is 0 Å². The second kappa shape index (κ2) is 5.22. The molecule has 0 spiro atoms. The zero-order valence-electron chi connectivity index (χ0n) is 11.7. The van der Waals surface area contributed by atoms with Gasteiger partial charge < -0.3 is 4.90 Å². The summed E-state index contributed by atoms with van der Waals surface area (Å²) in [6, 6.07) is 7.85. The number of benzene rings is 1. The largest absolute Gasteiger partial charge is 0.303 e. The van der Waals surface area contributed by atoms with Gasteiger partial charge in [0.1, 0.15) is 0 Å². The molecule has 0 N–H and O–H groups in total.